The molecule has 0 aliphatic rings. The van der Waals surface area contributed by atoms with Gasteiger partial charge in [0.2, 0.25) is 0 Å². The second-order valence-electron chi connectivity index (χ2n) is 3.50. The summed E-state index contributed by atoms with van der Waals surface area (Å²) in [4.78, 5) is 22.3. The Morgan fingerprint density at radius 2 is 1.95 bits per heavy atom. The van der Waals surface area contributed by atoms with Crippen molar-refractivity contribution in [1.82, 2.24) is 0 Å². The number of hydrogen-bond donors (Lipinski definition) is 1. The molecule has 1 rings (SSSR count). The molecule has 1 aromatic carbocycles. The highest BCUT2D eigenvalue weighted by Crippen LogP contribution is 2.01. The highest BCUT2D eigenvalue weighted by atomic mass is 79.9. The summed E-state index contributed by atoms with van der Waals surface area (Å²) in [5.74, 6) is -1.17. The summed E-state index contributed by atoms with van der Waals surface area (Å²) in [6.07, 6.45) is 2.89. The van der Waals surface area contributed by atoms with Crippen LogP contribution in [0.3, 0.4) is 0 Å². The van der Waals surface area contributed by atoms with Crippen molar-refractivity contribution in [3.8, 4) is 0 Å². The fourth-order valence-corrected chi connectivity index (χ4v) is 1.17. The molecule has 0 heterocycles. The van der Waals surface area contributed by atoms with Gasteiger partial charge in [-0.3, -0.25) is 4.79 Å². The van der Waals surface area contributed by atoms with E-state index in [0.29, 0.717) is 0 Å². The molecule has 0 amide bonds. The minimum Gasteiger partial charge on any atom is -0.468 e. The number of carbonyl (C=O) groups excluding carboxylic acids is 2. The van der Waals surface area contributed by atoms with Crippen molar-refractivity contribution in [2.75, 3.05) is 13.7 Å². The number of ether oxygens (including phenoxy) is 2. The molecule has 0 spiro atoms. The van der Waals surface area contributed by atoms with E-state index in [1.54, 1.807) is 6.08 Å². The van der Waals surface area contributed by atoms with Crippen LogP contribution in [0.15, 0.2) is 36.4 Å². The molecule has 104 valence electrons. The van der Waals surface area contributed by atoms with Gasteiger partial charge in [-0.1, -0.05) is 30.3 Å². The van der Waals surface area contributed by atoms with Gasteiger partial charge >= 0.3 is 11.9 Å². The molecule has 0 radical (unpaired) electrons. The smallest absolute Gasteiger partial charge is 0.330 e. The summed E-state index contributed by atoms with van der Waals surface area (Å²) >= 11 is 0. The molecule has 0 saturated heterocycles. The van der Waals surface area contributed by atoms with Gasteiger partial charge in [-0.25, -0.2) is 4.79 Å². The predicted octanol–water partition coefficient (Wildman–Crippen LogP) is 1.32. The van der Waals surface area contributed by atoms with E-state index < -0.39 is 18.0 Å². The first kappa shape index (κ1) is 17.3. The average molecular weight is 330 g/mol. The number of benzene rings is 1. The van der Waals surface area contributed by atoms with Crippen molar-refractivity contribution in [3.63, 3.8) is 0 Å². The zero-order chi connectivity index (χ0) is 13.4. The molecule has 0 saturated carbocycles. The maximum atomic E-state index is 11.3. The molecule has 0 unspecified atom stereocenters. The number of nitrogens with two attached hydrogens (primary N) is 1. The Morgan fingerprint density at radius 1 is 1.32 bits per heavy atom. The van der Waals surface area contributed by atoms with E-state index in [0.717, 1.165) is 5.56 Å². The van der Waals surface area contributed by atoms with Crippen molar-refractivity contribution in [2.45, 2.75) is 6.04 Å². The van der Waals surface area contributed by atoms with Crippen LogP contribution in [0.4, 0.5) is 0 Å². The highest BCUT2D eigenvalue weighted by molar-refractivity contribution is 8.93. The molecule has 0 bridgehead atoms. The maximum absolute atomic E-state index is 11.3. The lowest BCUT2D eigenvalue weighted by Crippen LogP contribution is -2.36. The zero-order valence-corrected chi connectivity index (χ0v) is 12.2. The first-order valence-corrected chi connectivity index (χ1v) is 5.37. The van der Waals surface area contributed by atoms with E-state index in [1.807, 2.05) is 30.3 Å². The minimum absolute atomic E-state index is 0. The van der Waals surface area contributed by atoms with E-state index in [4.69, 9.17) is 10.5 Å². The summed E-state index contributed by atoms with van der Waals surface area (Å²) in [5, 5.41) is 0. The second kappa shape index (κ2) is 9.29. The van der Waals surface area contributed by atoms with Crippen LogP contribution in [-0.4, -0.2) is 31.7 Å². The normalized spacial score (nSPS) is 11.5. The lowest BCUT2D eigenvalue weighted by molar-refractivity contribution is -0.146. The Balaban J connectivity index is 0.00000324. The van der Waals surface area contributed by atoms with Gasteiger partial charge in [-0.15, -0.1) is 17.0 Å². The first-order chi connectivity index (χ1) is 8.63. The fraction of sp³-hybridized carbons (Fsp3) is 0.231. The summed E-state index contributed by atoms with van der Waals surface area (Å²) < 4.78 is 9.20. The average Bonchev–Trinajstić information content (AvgIpc) is 2.42. The van der Waals surface area contributed by atoms with Crippen molar-refractivity contribution in [3.05, 3.63) is 42.0 Å². The van der Waals surface area contributed by atoms with Gasteiger partial charge in [0.1, 0.15) is 12.6 Å². The SMILES string of the molecule is Br.COC(=O)[C@@H](N)COC(=O)/C=C/c1ccccc1. The quantitative estimate of drug-likeness (QED) is 0.651. The molecule has 19 heavy (non-hydrogen) atoms. The van der Waals surface area contributed by atoms with Crippen LogP contribution in [0, 0.1) is 0 Å². The Bertz CT molecular complexity index is 434. The van der Waals surface area contributed by atoms with Crippen LogP contribution in [-0.2, 0) is 19.1 Å². The molecule has 6 heteroatoms. The Hall–Kier alpha value is -1.66. The molecule has 0 aliphatic heterocycles. The molecular formula is C13H16BrNO4. The standard InChI is InChI=1S/C13H15NO4.BrH/c1-17-13(16)11(14)9-18-12(15)8-7-10-5-3-2-4-6-10;/h2-8,11H,9,14H2,1H3;1H/b8-7+;/t11-;/m0./s1. The number of methoxy groups -OCH3 is 1. The van der Waals surface area contributed by atoms with Gasteiger partial charge < -0.3 is 15.2 Å². The Labute approximate surface area is 122 Å². The van der Waals surface area contributed by atoms with E-state index in [2.05, 4.69) is 4.74 Å². The van der Waals surface area contributed by atoms with Gasteiger partial charge in [0.05, 0.1) is 7.11 Å². The van der Waals surface area contributed by atoms with Crippen LogP contribution in [0.1, 0.15) is 5.56 Å². The summed E-state index contributed by atoms with van der Waals surface area (Å²) in [5.41, 5.74) is 6.29. The van der Waals surface area contributed by atoms with Gasteiger partial charge in [0.15, 0.2) is 0 Å². The maximum Gasteiger partial charge on any atom is 0.330 e. The Kier molecular flexibility index (Phi) is 8.48. The third-order valence-corrected chi connectivity index (χ3v) is 2.12. The van der Waals surface area contributed by atoms with Crippen LogP contribution >= 0.6 is 17.0 Å². The molecule has 5 nitrogen and oxygen atoms in total. The van der Waals surface area contributed by atoms with Crippen LogP contribution in [0.2, 0.25) is 0 Å². The Morgan fingerprint density at radius 3 is 2.53 bits per heavy atom. The van der Waals surface area contributed by atoms with Crippen molar-refractivity contribution < 1.29 is 19.1 Å². The van der Waals surface area contributed by atoms with E-state index in [-0.39, 0.29) is 23.6 Å². The topological polar surface area (TPSA) is 78.6 Å². The van der Waals surface area contributed by atoms with Gasteiger partial charge in [0.25, 0.3) is 0 Å². The van der Waals surface area contributed by atoms with Crippen molar-refractivity contribution in [1.29, 1.82) is 0 Å². The number of hydrogen-bond acceptors (Lipinski definition) is 5. The van der Waals surface area contributed by atoms with Crippen LogP contribution in [0.25, 0.3) is 6.08 Å². The molecule has 1 atom stereocenters. The number of carbonyl (C=O) groups is 2. The second-order valence-corrected chi connectivity index (χ2v) is 3.50. The largest absolute Gasteiger partial charge is 0.468 e. The monoisotopic (exact) mass is 329 g/mol. The molecule has 0 aromatic heterocycles. The first-order valence-electron chi connectivity index (χ1n) is 5.37. The molecule has 2 N–H and O–H groups in total. The highest BCUT2D eigenvalue weighted by Gasteiger charge is 2.14. The third kappa shape index (κ3) is 6.73. The fourth-order valence-electron chi connectivity index (χ4n) is 1.17. The lowest BCUT2D eigenvalue weighted by atomic mass is 10.2. The number of rotatable bonds is 5. The summed E-state index contributed by atoms with van der Waals surface area (Å²) in [6.45, 7) is -0.204. The number of halogens is 1. The zero-order valence-electron chi connectivity index (χ0n) is 10.4. The summed E-state index contributed by atoms with van der Waals surface area (Å²) in [7, 11) is 1.22. The predicted molar refractivity (Wildman–Crippen MR) is 76.7 cm³/mol. The third-order valence-electron chi connectivity index (χ3n) is 2.12. The summed E-state index contributed by atoms with van der Waals surface area (Å²) in [6, 6.07) is 8.35. The van der Waals surface area contributed by atoms with E-state index in [1.165, 1.54) is 13.2 Å². The van der Waals surface area contributed by atoms with Gasteiger partial charge in [-0.05, 0) is 11.6 Å². The van der Waals surface area contributed by atoms with E-state index in [9.17, 15) is 9.59 Å². The van der Waals surface area contributed by atoms with E-state index >= 15 is 0 Å². The number of esters is 2. The van der Waals surface area contributed by atoms with Crippen molar-refractivity contribution in [2.24, 2.45) is 5.73 Å². The molecule has 0 fully saturated rings. The van der Waals surface area contributed by atoms with Gasteiger partial charge in [-0.2, -0.15) is 0 Å². The van der Waals surface area contributed by atoms with Gasteiger partial charge in [0, 0.05) is 6.08 Å². The molecular weight excluding hydrogens is 314 g/mol. The lowest BCUT2D eigenvalue weighted by Gasteiger charge is -2.08. The van der Waals surface area contributed by atoms with Crippen LogP contribution < -0.4 is 5.73 Å². The van der Waals surface area contributed by atoms with Crippen LogP contribution in [0.5, 0.6) is 0 Å². The molecule has 0 aliphatic carbocycles. The van der Waals surface area contributed by atoms with Crippen molar-refractivity contribution >= 4 is 35.0 Å². The minimum atomic E-state index is -0.955. The molecule has 1 aromatic rings.